The highest BCUT2D eigenvalue weighted by Crippen LogP contribution is 2.36. The molecule has 0 aliphatic rings. The number of nitrogens with zero attached hydrogens (tertiary/aromatic N) is 1. The quantitative estimate of drug-likeness (QED) is 0.762. The van der Waals surface area contributed by atoms with E-state index < -0.39 is 39.9 Å². The summed E-state index contributed by atoms with van der Waals surface area (Å²) in [5.74, 6) is -0.625. The average Bonchev–Trinajstić information content (AvgIpc) is 2.43. The molecule has 1 aromatic rings. The van der Waals surface area contributed by atoms with E-state index in [0.29, 0.717) is 16.8 Å². The number of halogens is 4. The van der Waals surface area contributed by atoms with Crippen LogP contribution in [0.1, 0.15) is 32.3 Å². The lowest BCUT2D eigenvalue weighted by atomic mass is 10.2. The van der Waals surface area contributed by atoms with Crippen molar-refractivity contribution in [3.63, 3.8) is 0 Å². The van der Waals surface area contributed by atoms with Gasteiger partial charge in [0, 0.05) is 6.04 Å². The maximum absolute atomic E-state index is 12.9. The van der Waals surface area contributed by atoms with E-state index in [4.69, 9.17) is 11.6 Å². The SMILES string of the molecule is CCC[C@@H](C)NC(=O)CN(c1cc(C(F)(F)F)ccc1Cl)S(C)(=O)=O. The van der Waals surface area contributed by atoms with Crippen LogP contribution in [0.4, 0.5) is 18.9 Å². The Hall–Kier alpha value is -1.48. The maximum atomic E-state index is 12.9. The standard InChI is InChI=1S/C15H20ClF3N2O3S/c1-4-5-10(2)20-14(22)9-21(25(3,23)24)13-8-11(15(17,18)19)6-7-12(13)16/h6-8,10H,4-5,9H2,1-3H3,(H,20,22)/t10-/m1/s1. The molecule has 1 amide bonds. The number of benzene rings is 1. The van der Waals surface area contributed by atoms with Crippen molar-refractivity contribution in [3.05, 3.63) is 28.8 Å². The van der Waals surface area contributed by atoms with Gasteiger partial charge in [0.1, 0.15) is 6.54 Å². The van der Waals surface area contributed by atoms with E-state index >= 15 is 0 Å². The van der Waals surface area contributed by atoms with Gasteiger partial charge in [0.25, 0.3) is 0 Å². The van der Waals surface area contributed by atoms with Crippen LogP contribution in [-0.4, -0.2) is 33.2 Å². The molecule has 142 valence electrons. The molecule has 5 nitrogen and oxygen atoms in total. The van der Waals surface area contributed by atoms with Crippen LogP contribution in [-0.2, 0) is 21.0 Å². The van der Waals surface area contributed by atoms with Crippen molar-refractivity contribution >= 4 is 33.2 Å². The molecule has 1 aromatic carbocycles. The molecule has 0 saturated carbocycles. The third-order valence-electron chi connectivity index (χ3n) is 3.36. The van der Waals surface area contributed by atoms with Gasteiger partial charge in [0.15, 0.2) is 0 Å². The number of hydrogen-bond acceptors (Lipinski definition) is 3. The molecule has 0 heterocycles. The second-order valence-electron chi connectivity index (χ2n) is 5.69. The summed E-state index contributed by atoms with van der Waals surface area (Å²) in [4.78, 5) is 12.1. The summed E-state index contributed by atoms with van der Waals surface area (Å²) in [7, 11) is -4.03. The molecule has 0 aromatic heterocycles. The van der Waals surface area contributed by atoms with E-state index in [-0.39, 0.29) is 11.1 Å². The molecule has 10 heteroatoms. The van der Waals surface area contributed by atoms with Crippen LogP contribution in [0.15, 0.2) is 18.2 Å². The Morgan fingerprint density at radius 3 is 2.44 bits per heavy atom. The Labute approximate surface area is 150 Å². The topological polar surface area (TPSA) is 66.5 Å². The lowest BCUT2D eigenvalue weighted by molar-refractivity contribution is -0.137. The van der Waals surface area contributed by atoms with Crippen LogP contribution in [0.3, 0.4) is 0 Å². The molecule has 0 aliphatic heterocycles. The van der Waals surface area contributed by atoms with Crippen molar-refractivity contribution in [1.29, 1.82) is 0 Å². The van der Waals surface area contributed by atoms with Crippen LogP contribution in [0, 0.1) is 0 Å². The largest absolute Gasteiger partial charge is 0.416 e. The van der Waals surface area contributed by atoms with E-state index in [1.165, 1.54) is 0 Å². The smallest absolute Gasteiger partial charge is 0.352 e. The van der Waals surface area contributed by atoms with E-state index in [1.54, 1.807) is 6.92 Å². The van der Waals surface area contributed by atoms with Gasteiger partial charge in [-0.05, 0) is 31.5 Å². The fourth-order valence-corrected chi connectivity index (χ4v) is 3.35. The minimum Gasteiger partial charge on any atom is -0.352 e. The molecule has 1 atom stereocenters. The summed E-state index contributed by atoms with van der Waals surface area (Å²) in [6.07, 6.45) is -2.36. The highest BCUT2D eigenvalue weighted by atomic mass is 35.5. The third-order valence-corrected chi connectivity index (χ3v) is 4.80. The van der Waals surface area contributed by atoms with E-state index in [0.717, 1.165) is 24.8 Å². The van der Waals surface area contributed by atoms with Crippen molar-refractivity contribution < 1.29 is 26.4 Å². The number of rotatable bonds is 7. The number of amides is 1. The Kier molecular flexibility index (Phi) is 7.13. The maximum Gasteiger partial charge on any atom is 0.416 e. The highest BCUT2D eigenvalue weighted by Gasteiger charge is 2.33. The highest BCUT2D eigenvalue weighted by molar-refractivity contribution is 7.92. The van der Waals surface area contributed by atoms with Crippen molar-refractivity contribution in [3.8, 4) is 0 Å². The van der Waals surface area contributed by atoms with Crippen LogP contribution in [0.5, 0.6) is 0 Å². The first-order valence-corrected chi connectivity index (χ1v) is 9.72. The molecule has 0 spiro atoms. The van der Waals surface area contributed by atoms with Gasteiger partial charge in [0.2, 0.25) is 15.9 Å². The average molecular weight is 401 g/mol. The molecule has 0 bridgehead atoms. The van der Waals surface area contributed by atoms with Gasteiger partial charge >= 0.3 is 6.18 Å². The molecule has 0 saturated heterocycles. The van der Waals surface area contributed by atoms with Crippen LogP contribution < -0.4 is 9.62 Å². The monoisotopic (exact) mass is 400 g/mol. The molecule has 0 fully saturated rings. The van der Waals surface area contributed by atoms with Crippen molar-refractivity contribution in [2.45, 2.75) is 38.9 Å². The Morgan fingerprint density at radius 2 is 1.96 bits per heavy atom. The fourth-order valence-electron chi connectivity index (χ4n) is 2.22. The molecular weight excluding hydrogens is 381 g/mol. The van der Waals surface area contributed by atoms with Crippen molar-refractivity contribution in [2.75, 3.05) is 17.1 Å². The summed E-state index contributed by atoms with van der Waals surface area (Å²) in [6, 6.07) is 2.13. The van der Waals surface area contributed by atoms with Gasteiger partial charge in [0.05, 0.1) is 22.5 Å². The number of nitrogens with one attached hydrogen (secondary N) is 1. The zero-order valence-corrected chi connectivity index (χ0v) is 15.6. The van der Waals surface area contributed by atoms with E-state index in [9.17, 15) is 26.4 Å². The van der Waals surface area contributed by atoms with Gasteiger partial charge in [-0.25, -0.2) is 8.42 Å². The minimum atomic E-state index is -4.67. The zero-order valence-electron chi connectivity index (χ0n) is 14.0. The molecule has 1 N–H and O–H groups in total. The first-order chi connectivity index (χ1) is 11.4. The summed E-state index contributed by atoms with van der Waals surface area (Å²) in [5, 5.41) is 2.41. The summed E-state index contributed by atoms with van der Waals surface area (Å²) in [5.41, 5.74) is -1.45. The number of carbonyl (C=O) groups excluding carboxylic acids is 1. The van der Waals surface area contributed by atoms with Gasteiger partial charge in [-0.15, -0.1) is 0 Å². The number of carbonyl (C=O) groups is 1. The summed E-state index contributed by atoms with van der Waals surface area (Å²) >= 11 is 5.88. The second-order valence-corrected chi connectivity index (χ2v) is 8.00. The summed E-state index contributed by atoms with van der Waals surface area (Å²) < 4.78 is 63.2. The molecular formula is C15H20ClF3N2O3S. The Bertz CT molecular complexity index is 723. The van der Waals surface area contributed by atoms with Gasteiger partial charge < -0.3 is 5.32 Å². The lowest BCUT2D eigenvalue weighted by Gasteiger charge is -2.24. The zero-order chi connectivity index (χ0) is 19.4. The van der Waals surface area contributed by atoms with Crippen LogP contribution in [0.2, 0.25) is 5.02 Å². The lowest BCUT2D eigenvalue weighted by Crippen LogP contribution is -2.43. The normalized spacial score (nSPS) is 13.4. The fraction of sp³-hybridized carbons (Fsp3) is 0.533. The number of anilines is 1. The van der Waals surface area contributed by atoms with Gasteiger partial charge in [-0.3, -0.25) is 9.10 Å². The van der Waals surface area contributed by atoms with Crippen molar-refractivity contribution in [1.82, 2.24) is 5.32 Å². The first kappa shape index (κ1) is 21.6. The third kappa shape index (κ3) is 6.39. The van der Waals surface area contributed by atoms with Gasteiger partial charge in [-0.2, -0.15) is 13.2 Å². The first-order valence-electron chi connectivity index (χ1n) is 7.50. The predicted molar refractivity (Wildman–Crippen MR) is 91.2 cm³/mol. The van der Waals surface area contributed by atoms with Crippen LogP contribution in [0.25, 0.3) is 0 Å². The van der Waals surface area contributed by atoms with E-state index in [2.05, 4.69) is 5.32 Å². The molecule has 0 radical (unpaired) electrons. The summed E-state index contributed by atoms with van der Waals surface area (Å²) in [6.45, 7) is 3.02. The second kappa shape index (κ2) is 8.27. The molecule has 1 rings (SSSR count). The Balaban J connectivity index is 3.19. The van der Waals surface area contributed by atoms with Crippen molar-refractivity contribution in [2.24, 2.45) is 0 Å². The molecule has 0 aliphatic carbocycles. The number of hydrogen-bond donors (Lipinski definition) is 1. The van der Waals surface area contributed by atoms with Gasteiger partial charge in [-0.1, -0.05) is 24.9 Å². The number of sulfonamides is 1. The molecule has 0 unspecified atom stereocenters. The Morgan fingerprint density at radius 1 is 1.36 bits per heavy atom. The van der Waals surface area contributed by atoms with E-state index in [1.807, 2.05) is 6.92 Å². The molecule has 25 heavy (non-hydrogen) atoms. The van der Waals surface area contributed by atoms with Crippen LogP contribution >= 0.6 is 11.6 Å². The minimum absolute atomic E-state index is 0.184. The predicted octanol–water partition coefficient (Wildman–Crippen LogP) is 3.43. The number of alkyl halides is 3.